The van der Waals surface area contributed by atoms with Crippen molar-refractivity contribution in [2.75, 3.05) is 30.9 Å². The average molecular weight is 422 g/mol. The van der Waals surface area contributed by atoms with Crippen LogP contribution in [0.25, 0.3) is 20.7 Å². The molecule has 0 aliphatic rings. The van der Waals surface area contributed by atoms with E-state index < -0.39 is 0 Å². The van der Waals surface area contributed by atoms with Crippen molar-refractivity contribution in [1.29, 1.82) is 0 Å². The van der Waals surface area contributed by atoms with Gasteiger partial charge in [0.2, 0.25) is 5.91 Å². The first-order chi connectivity index (χ1) is 14.5. The van der Waals surface area contributed by atoms with Gasteiger partial charge >= 0.3 is 0 Å². The number of nitrogens with zero attached hydrogens (tertiary/aromatic N) is 3. The summed E-state index contributed by atoms with van der Waals surface area (Å²) in [6, 6.07) is 15.5. The smallest absolute Gasteiger partial charge is 0.243 e. The summed E-state index contributed by atoms with van der Waals surface area (Å²) in [6.45, 7) is 0.118. The zero-order chi connectivity index (χ0) is 21.1. The van der Waals surface area contributed by atoms with Crippen LogP contribution in [0.3, 0.4) is 0 Å². The number of amides is 1. The van der Waals surface area contributed by atoms with Gasteiger partial charge in [-0.15, -0.1) is 11.3 Å². The van der Waals surface area contributed by atoms with E-state index in [9.17, 15) is 9.18 Å². The molecule has 1 N–H and O–H groups in total. The van der Waals surface area contributed by atoms with Crippen molar-refractivity contribution in [2.45, 2.75) is 0 Å². The number of nitrogens with one attached hydrogen (secondary N) is 1. The van der Waals surface area contributed by atoms with Gasteiger partial charge in [0.15, 0.2) is 0 Å². The normalized spacial score (nSPS) is 10.8. The minimum atomic E-state index is -0.276. The van der Waals surface area contributed by atoms with E-state index in [0.29, 0.717) is 17.3 Å². The third-order valence-corrected chi connectivity index (χ3v) is 5.69. The van der Waals surface area contributed by atoms with Crippen LogP contribution in [0, 0.1) is 5.82 Å². The zero-order valence-electron chi connectivity index (χ0n) is 16.4. The van der Waals surface area contributed by atoms with Gasteiger partial charge in [-0.1, -0.05) is 18.2 Å². The van der Waals surface area contributed by atoms with Gasteiger partial charge in [0, 0.05) is 23.7 Å². The lowest BCUT2D eigenvalue weighted by Gasteiger charge is -2.18. The second-order valence-corrected chi connectivity index (χ2v) is 7.72. The lowest BCUT2D eigenvalue weighted by Crippen LogP contribution is -2.30. The Kier molecular flexibility index (Phi) is 5.58. The van der Waals surface area contributed by atoms with E-state index in [0.717, 1.165) is 20.7 Å². The highest BCUT2D eigenvalue weighted by atomic mass is 32.1. The van der Waals surface area contributed by atoms with Crippen LogP contribution in [0.1, 0.15) is 0 Å². The van der Waals surface area contributed by atoms with Gasteiger partial charge in [0.05, 0.1) is 23.9 Å². The van der Waals surface area contributed by atoms with Crippen molar-refractivity contribution < 1.29 is 13.9 Å². The van der Waals surface area contributed by atoms with Crippen molar-refractivity contribution in [3.05, 3.63) is 66.7 Å². The number of aromatic nitrogens is 2. The van der Waals surface area contributed by atoms with E-state index in [1.54, 1.807) is 36.3 Å². The summed E-state index contributed by atoms with van der Waals surface area (Å²) in [5.74, 6) is 0.889. The van der Waals surface area contributed by atoms with E-state index in [2.05, 4.69) is 15.3 Å². The van der Waals surface area contributed by atoms with Crippen LogP contribution in [-0.4, -0.2) is 36.6 Å². The lowest BCUT2D eigenvalue weighted by molar-refractivity contribution is -0.114. The Morgan fingerprint density at radius 2 is 1.97 bits per heavy atom. The Hall–Kier alpha value is -3.52. The summed E-state index contributed by atoms with van der Waals surface area (Å²) in [4.78, 5) is 24.0. The van der Waals surface area contributed by atoms with Crippen LogP contribution in [0.5, 0.6) is 5.75 Å². The molecule has 0 unspecified atom stereocenters. The Morgan fingerprint density at radius 1 is 1.17 bits per heavy atom. The van der Waals surface area contributed by atoms with Crippen molar-refractivity contribution in [1.82, 2.24) is 9.97 Å². The fourth-order valence-electron chi connectivity index (χ4n) is 3.06. The number of methoxy groups -OCH3 is 1. The molecule has 0 spiro atoms. The number of thiophene rings is 1. The first-order valence-electron chi connectivity index (χ1n) is 9.19. The monoisotopic (exact) mass is 422 g/mol. The van der Waals surface area contributed by atoms with E-state index in [1.165, 1.54) is 29.8 Å². The van der Waals surface area contributed by atoms with Crippen LogP contribution in [0.2, 0.25) is 0 Å². The maximum Gasteiger partial charge on any atom is 0.243 e. The topological polar surface area (TPSA) is 67.3 Å². The molecule has 30 heavy (non-hydrogen) atoms. The SMILES string of the molecule is COc1cccc(NC(=O)CN(C)c2ncnc3cc(-c4ccc(F)cc4)sc23)c1. The summed E-state index contributed by atoms with van der Waals surface area (Å²) in [6.07, 6.45) is 1.48. The van der Waals surface area contributed by atoms with Crippen LogP contribution in [0.15, 0.2) is 60.9 Å². The third kappa shape index (κ3) is 4.23. The van der Waals surface area contributed by atoms with Gasteiger partial charge in [-0.05, 0) is 35.9 Å². The van der Waals surface area contributed by atoms with E-state index in [4.69, 9.17) is 4.74 Å². The van der Waals surface area contributed by atoms with Crippen molar-refractivity contribution >= 4 is 39.0 Å². The molecule has 0 aliphatic heterocycles. The molecule has 0 aliphatic carbocycles. The number of halogens is 1. The summed E-state index contributed by atoms with van der Waals surface area (Å²) >= 11 is 1.51. The van der Waals surface area contributed by atoms with Crippen LogP contribution < -0.4 is 15.0 Å². The standard InChI is InChI=1S/C22H19FN4O2S/c1-27(12-20(28)26-16-4-3-5-17(10-16)29-2)22-21-18(24-13-25-22)11-19(30-21)14-6-8-15(23)9-7-14/h3-11,13H,12H2,1-2H3,(H,26,28). The molecule has 0 radical (unpaired) electrons. The first-order valence-corrected chi connectivity index (χ1v) is 10.0. The van der Waals surface area contributed by atoms with E-state index >= 15 is 0 Å². The molecule has 4 aromatic rings. The quantitative estimate of drug-likeness (QED) is 0.493. The Bertz CT molecular complexity index is 1190. The predicted octanol–water partition coefficient (Wildman–Crippen LogP) is 4.58. The number of ether oxygens (including phenoxy) is 1. The Balaban J connectivity index is 1.54. The van der Waals surface area contributed by atoms with E-state index in [1.807, 2.05) is 25.2 Å². The lowest BCUT2D eigenvalue weighted by atomic mass is 10.2. The van der Waals surface area contributed by atoms with Gasteiger partial charge in [-0.25, -0.2) is 14.4 Å². The maximum atomic E-state index is 13.2. The molecule has 0 saturated carbocycles. The van der Waals surface area contributed by atoms with Gasteiger partial charge in [-0.2, -0.15) is 0 Å². The number of carbonyl (C=O) groups is 1. The highest BCUT2D eigenvalue weighted by Crippen LogP contribution is 2.36. The van der Waals surface area contributed by atoms with Gasteiger partial charge < -0.3 is 15.0 Å². The summed E-state index contributed by atoms with van der Waals surface area (Å²) in [5.41, 5.74) is 2.35. The zero-order valence-corrected chi connectivity index (χ0v) is 17.2. The number of hydrogen-bond donors (Lipinski definition) is 1. The summed E-state index contributed by atoms with van der Waals surface area (Å²) in [7, 11) is 3.39. The molecule has 2 aromatic heterocycles. The molecular formula is C22H19FN4O2S. The molecular weight excluding hydrogens is 403 g/mol. The minimum Gasteiger partial charge on any atom is -0.497 e. The number of anilines is 2. The van der Waals surface area contributed by atoms with Crippen LogP contribution in [0.4, 0.5) is 15.9 Å². The fourth-order valence-corrected chi connectivity index (χ4v) is 4.22. The van der Waals surface area contributed by atoms with Gasteiger partial charge in [-0.3, -0.25) is 4.79 Å². The predicted molar refractivity (Wildman–Crippen MR) is 118 cm³/mol. The fraction of sp³-hybridized carbons (Fsp3) is 0.136. The van der Waals surface area contributed by atoms with Gasteiger partial charge in [0.25, 0.3) is 0 Å². The molecule has 6 nitrogen and oxygen atoms in total. The van der Waals surface area contributed by atoms with Crippen LogP contribution >= 0.6 is 11.3 Å². The summed E-state index contributed by atoms with van der Waals surface area (Å²) in [5, 5.41) is 2.87. The number of fused-ring (bicyclic) bond motifs is 1. The van der Waals surface area contributed by atoms with Crippen molar-refractivity contribution in [2.24, 2.45) is 0 Å². The van der Waals surface area contributed by atoms with Crippen molar-refractivity contribution in [3.63, 3.8) is 0 Å². The molecule has 4 rings (SSSR count). The largest absolute Gasteiger partial charge is 0.497 e. The maximum absolute atomic E-state index is 13.2. The number of hydrogen-bond acceptors (Lipinski definition) is 6. The minimum absolute atomic E-state index is 0.118. The molecule has 2 aromatic carbocycles. The first kappa shape index (κ1) is 19.8. The molecule has 0 saturated heterocycles. The average Bonchev–Trinajstić information content (AvgIpc) is 3.18. The molecule has 152 valence electrons. The van der Waals surface area contributed by atoms with Crippen LogP contribution in [-0.2, 0) is 4.79 Å². The number of benzene rings is 2. The molecule has 0 fully saturated rings. The number of likely N-dealkylation sites (N-methyl/N-ethyl adjacent to an activating group) is 1. The highest BCUT2D eigenvalue weighted by molar-refractivity contribution is 7.22. The van der Waals surface area contributed by atoms with Gasteiger partial charge in [0.1, 0.15) is 23.7 Å². The second-order valence-electron chi connectivity index (χ2n) is 6.67. The highest BCUT2D eigenvalue weighted by Gasteiger charge is 2.16. The number of carbonyl (C=O) groups excluding carboxylic acids is 1. The molecule has 0 atom stereocenters. The summed E-state index contributed by atoms with van der Waals surface area (Å²) < 4.78 is 19.3. The molecule has 1 amide bonds. The molecule has 0 bridgehead atoms. The second kappa shape index (κ2) is 8.46. The third-order valence-electron chi connectivity index (χ3n) is 4.52. The molecule has 8 heteroatoms. The van der Waals surface area contributed by atoms with E-state index in [-0.39, 0.29) is 18.3 Å². The van der Waals surface area contributed by atoms with Crippen molar-refractivity contribution in [3.8, 4) is 16.2 Å². The number of rotatable bonds is 6. The Labute approximate surface area is 177 Å². The Morgan fingerprint density at radius 3 is 2.73 bits per heavy atom. The molecule has 2 heterocycles.